The molecule has 0 aliphatic heterocycles. The minimum atomic E-state index is -3.99. The second kappa shape index (κ2) is 6.31. The Labute approximate surface area is 129 Å². The van der Waals surface area contributed by atoms with Crippen LogP contribution in [0.5, 0.6) is 0 Å². The Hall–Kier alpha value is -1.15. The third-order valence-corrected chi connectivity index (χ3v) is 5.11. The van der Waals surface area contributed by atoms with Crippen molar-refractivity contribution < 1.29 is 23.4 Å². The predicted molar refractivity (Wildman–Crippen MR) is 79.1 cm³/mol. The lowest BCUT2D eigenvalue weighted by Crippen LogP contribution is -2.42. The Balaban J connectivity index is 3.35. The van der Waals surface area contributed by atoms with Crippen LogP contribution in [0.3, 0.4) is 0 Å². The first kappa shape index (κ1) is 17.9. The zero-order valence-electron chi connectivity index (χ0n) is 12.0. The van der Waals surface area contributed by atoms with Gasteiger partial charge in [0.2, 0.25) is 10.0 Å². The standard InChI is InChI=1S/C13H18ClNO5S/c1-4-15(8-13(2,3)18)21(19,20)11-7-9(12(16)17)5-6-10(11)14/h5-7,18H,4,8H2,1-3H3,(H,16,17). The second-order valence-corrected chi connectivity index (χ2v) is 7.51. The first-order chi connectivity index (χ1) is 9.49. The van der Waals surface area contributed by atoms with Gasteiger partial charge < -0.3 is 10.2 Å². The Bertz CT molecular complexity index is 636. The highest BCUT2D eigenvalue weighted by molar-refractivity contribution is 7.89. The fourth-order valence-corrected chi connectivity index (χ4v) is 3.88. The summed E-state index contributed by atoms with van der Waals surface area (Å²) in [5.41, 5.74) is -1.39. The maximum Gasteiger partial charge on any atom is 0.335 e. The molecule has 0 fully saturated rings. The van der Waals surface area contributed by atoms with E-state index < -0.39 is 21.6 Å². The Kier molecular flexibility index (Phi) is 5.38. The van der Waals surface area contributed by atoms with Gasteiger partial charge >= 0.3 is 5.97 Å². The van der Waals surface area contributed by atoms with Crippen LogP contribution < -0.4 is 0 Å². The highest BCUT2D eigenvalue weighted by Gasteiger charge is 2.30. The van der Waals surface area contributed by atoms with Crippen LogP contribution >= 0.6 is 11.6 Å². The first-order valence-electron chi connectivity index (χ1n) is 6.24. The van der Waals surface area contributed by atoms with Crippen molar-refractivity contribution in [3.05, 3.63) is 28.8 Å². The molecule has 0 aromatic heterocycles. The Morgan fingerprint density at radius 2 is 1.95 bits per heavy atom. The van der Waals surface area contributed by atoms with Gasteiger partial charge in [-0.15, -0.1) is 0 Å². The summed E-state index contributed by atoms with van der Waals surface area (Å²) in [6.07, 6.45) is 0. The summed E-state index contributed by atoms with van der Waals surface area (Å²) in [5.74, 6) is -1.24. The van der Waals surface area contributed by atoms with Gasteiger partial charge in [-0.1, -0.05) is 18.5 Å². The normalized spacial score (nSPS) is 12.7. The van der Waals surface area contributed by atoms with Gasteiger partial charge in [0.1, 0.15) is 4.90 Å². The van der Waals surface area contributed by atoms with Gasteiger partial charge in [-0.2, -0.15) is 4.31 Å². The van der Waals surface area contributed by atoms with Gasteiger partial charge in [0.05, 0.1) is 16.2 Å². The Morgan fingerprint density at radius 1 is 1.38 bits per heavy atom. The van der Waals surface area contributed by atoms with Crippen LogP contribution in [0, 0.1) is 0 Å². The lowest BCUT2D eigenvalue weighted by Gasteiger charge is -2.27. The second-order valence-electron chi connectivity index (χ2n) is 5.19. The number of carbonyl (C=O) groups is 1. The van der Waals surface area contributed by atoms with Crippen molar-refractivity contribution >= 4 is 27.6 Å². The molecular weight excluding hydrogens is 318 g/mol. The lowest BCUT2D eigenvalue weighted by molar-refractivity contribution is 0.0600. The van der Waals surface area contributed by atoms with E-state index in [1.807, 2.05) is 0 Å². The number of nitrogens with zero attached hydrogens (tertiary/aromatic N) is 1. The highest BCUT2D eigenvalue weighted by Crippen LogP contribution is 2.26. The number of sulfonamides is 1. The minimum absolute atomic E-state index is 0.0609. The van der Waals surface area contributed by atoms with Gasteiger partial charge in [0, 0.05) is 13.1 Å². The molecule has 1 rings (SSSR count). The van der Waals surface area contributed by atoms with Crippen molar-refractivity contribution in [2.45, 2.75) is 31.3 Å². The van der Waals surface area contributed by atoms with E-state index >= 15 is 0 Å². The molecule has 1 aromatic carbocycles. The molecule has 0 radical (unpaired) electrons. The molecule has 6 nitrogen and oxygen atoms in total. The van der Waals surface area contributed by atoms with Gasteiger partial charge in [-0.05, 0) is 32.0 Å². The molecule has 0 amide bonds. The number of rotatable bonds is 6. The van der Waals surface area contributed by atoms with Gasteiger partial charge in [0.25, 0.3) is 0 Å². The summed E-state index contributed by atoms with van der Waals surface area (Å²) in [7, 11) is -3.99. The molecule has 0 atom stereocenters. The molecule has 0 aliphatic carbocycles. The lowest BCUT2D eigenvalue weighted by atomic mass is 10.1. The zero-order valence-corrected chi connectivity index (χ0v) is 13.6. The number of carboxylic acid groups (broad SMARTS) is 1. The predicted octanol–water partition coefficient (Wildman–Crippen LogP) is 1.82. The molecular formula is C13H18ClNO5S. The average molecular weight is 336 g/mol. The molecule has 2 N–H and O–H groups in total. The van der Waals surface area contributed by atoms with E-state index in [1.54, 1.807) is 6.92 Å². The van der Waals surface area contributed by atoms with Gasteiger partial charge in [0.15, 0.2) is 0 Å². The fourth-order valence-electron chi connectivity index (χ4n) is 1.77. The molecule has 1 aromatic rings. The number of aromatic carboxylic acids is 1. The van der Waals surface area contributed by atoms with Crippen molar-refractivity contribution in [2.24, 2.45) is 0 Å². The number of likely N-dealkylation sites (N-methyl/N-ethyl adjacent to an activating group) is 1. The fraction of sp³-hybridized carbons (Fsp3) is 0.462. The number of hydrogen-bond donors (Lipinski definition) is 2. The maximum atomic E-state index is 12.6. The van der Waals surface area contributed by atoms with Crippen molar-refractivity contribution in [1.29, 1.82) is 0 Å². The van der Waals surface area contributed by atoms with E-state index in [2.05, 4.69) is 0 Å². The summed E-state index contributed by atoms with van der Waals surface area (Å²) in [4.78, 5) is 10.7. The number of carboxylic acids is 1. The third kappa shape index (κ3) is 4.41. The number of halogens is 1. The molecule has 0 spiro atoms. The largest absolute Gasteiger partial charge is 0.478 e. The van der Waals surface area contributed by atoms with Gasteiger partial charge in [-0.3, -0.25) is 0 Å². The minimum Gasteiger partial charge on any atom is -0.478 e. The van der Waals surface area contributed by atoms with Crippen molar-refractivity contribution in [3.63, 3.8) is 0 Å². The summed E-state index contributed by atoms with van der Waals surface area (Å²) in [5, 5.41) is 18.7. The van der Waals surface area contributed by atoms with Crippen LogP contribution in [0.2, 0.25) is 5.02 Å². The Morgan fingerprint density at radius 3 is 2.38 bits per heavy atom. The number of aliphatic hydroxyl groups is 1. The van der Waals surface area contributed by atoms with E-state index in [9.17, 15) is 18.3 Å². The molecule has 21 heavy (non-hydrogen) atoms. The molecule has 118 valence electrons. The third-order valence-electron chi connectivity index (χ3n) is 2.71. The van der Waals surface area contributed by atoms with Crippen molar-refractivity contribution in [3.8, 4) is 0 Å². The molecule has 0 aliphatic rings. The zero-order chi connectivity index (χ0) is 16.4. The van der Waals surface area contributed by atoms with Crippen LogP contribution in [-0.2, 0) is 10.0 Å². The summed E-state index contributed by atoms with van der Waals surface area (Å²) in [6, 6.07) is 3.48. The summed E-state index contributed by atoms with van der Waals surface area (Å²) in [6.45, 7) is 4.60. The van der Waals surface area contributed by atoms with E-state index in [-0.39, 0.29) is 28.6 Å². The first-order valence-corrected chi connectivity index (χ1v) is 8.06. The van der Waals surface area contributed by atoms with E-state index in [0.717, 1.165) is 10.4 Å². The van der Waals surface area contributed by atoms with Crippen LogP contribution in [0.4, 0.5) is 0 Å². The quantitative estimate of drug-likeness (QED) is 0.826. The van der Waals surface area contributed by atoms with Crippen LogP contribution in [0.1, 0.15) is 31.1 Å². The molecule has 0 heterocycles. The summed E-state index contributed by atoms with van der Waals surface area (Å²) >= 11 is 5.90. The van der Waals surface area contributed by atoms with E-state index in [0.29, 0.717) is 0 Å². The van der Waals surface area contributed by atoms with Crippen molar-refractivity contribution in [1.82, 2.24) is 4.31 Å². The molecule has 0 saturated heterocycles. The maximum absolute atomic E-state index is 12.6. The van der Waals surface area contributed by atoms with Crippen LogP contribution in [-0.4, -0.2) is 47.6 Å². The highest BCUT2D eigenvalue weighted by atomic mass is 35.5. The number of benzene rings is 1. The van der Waals surface area contributed by atoms with Gasteiger partial charge in [-0.25, -0.2) is 13.2 Å². The molecule has 0 unspecified atom stereocenters. The monoisotopic (exact) mass is 335 g/mol. The van der Waals surface area contributed by atoms with Crippen molar-refractivity contribution in [2.75, 3.05) is 13.1 Å². The molecule has 0 saturated carbocycles. The number of hydrogen-bond acceptors (Lipinski definition) is 4. The SMILES string of the molecule is CCN(CC(C)(C)O)S(=O)(=O)c1cc(C(=O)O)ccc1Cl. The molecule has 8 heteroatoms. The van der Waals surface area contributed by atoms with E-state index in [4.69, 9.17) is 16.7 Å². The topological polar surface area (TPSA) is 94.9 Å². The smallest absolute Gasteiger partial charge is 0.335 e. The summed E-state index contributed by atoms with van der Waals surface area (Å²) < 4.78 is 26.2. The van der Waals surface area contributed by atoms with Crippen LogP contribution in [0.15, 0.2) is 23.1 Å². The average Bonchev–Trinajstić information content (AvgIpc) is 2.34. The van der Waals surface area contributed by atoms with E-state index in [1.165, 1.54) is 26.0 Å². The molecule has 0 bridgehead atoms. The van der Waals surface area contributed by atoms with Crippen LogP contribution in [0.25, 0.3) is 0 Å².